The quantitative estimate of drug-likeness (QED) is 0.853. The van der Waals surface area contributed by atoms with Gasteiger partial charge in [-0.3, -0.25) is 5.32 Å². The van der Waals surface area contributed by atoms with Crippen LogP contribution >= 0.6 is 0 Å². The molecule has 0 aliphatic carbocycles. The lowest BCUT2D eigenvalue weighted by Gasteiger charge is -2.24. The Morgan fingerprint density at radius 2 is 1.86 bits per heavy atom. The summed E-state index contributed by atoms with van der Waals surface area (Å²) in [4.78, 5) is 11.6. The molecule has 1 N–H and O–H groups in total. The van der Waals surface area contributed by atoms with E-state index in [4.69, 9.17) is 9.47 Å². The summed E-state index contributed by atoms with van der Waals surface area (Å²) in [5, 5.41) is 10.8. The maximum atomic E-state index is 13.0. The van der Waals surface area contributed by atoms with Crippen LogP contribution < -0.4 is 5.32 Å². The van der Waals surface area contributed by atoms with Crippen LogP contribution in [0.4, 0.5) is 9.18 Å². The van der Waals surface area contributed by atoms with Crippen LogP contribution in [0.3, 0.4) is 0 Å². The molecule has 3 rings (SSSR count). The molecule has 0 saturated carbocycles. The van der Waals surface area contributed by atoms with Crippen LogP contribution in [0.5, 0.6) is 0 Å². The third-order valence-corrected chi connectivity index (χ3v) is 3.50. The second-order valence-corrected chi connectivity index (χ2v) is 5.10. The summed E-state index contributed by atoms with van der Waals surface area (Å²) in [6.45, 7) is 1.30. The number of hydrogen-bond donors (Lipinski definition) is 1. The average Bonchev–Trinajstić information content (AvgIpc) is 2.54. The lowest BCUT2D eigenvalue weighted by molar-refractivity contribution is 0.0959. The standard InChI is InChI=1S/C15H16FN3O3/c16-11-3-1-10(2-4-11)13-9-14(17-15(20)22-13)19-18-12-5-7-21-8-6-12/h1-4,13H,5-9H2,(H,17,19,20). The highest BCUT2D eigenvalue weighted by atomic mass is 19.1. The van der Waals surface area contributed by atoms with Crippen molar-refractivity contribution in [1.29, 1.82) is 0 Å². The number of rotatable bonds is 2. The summed E-state index contributed by atoms with van der Waals surface area (Å²) in [7, 11) is 0. The Labute approximate surface area is 127 Å². The predicted molar refractivity (Wildman–Crippen MR) is 78.3 cm³/mol. The van der Waals surface area contributed by atoms with Crippen LogP contribution in [0, 0.1) is 5.82 Å². The van der Waals surface area contributed by atoms with Crippen molar-refractivity contribution in [3.05, 3.63) is 35.6 Å². The molecule has 2 aliphatic heterocycles. The van der Waals surface area contributed by atoms with Gasteiger partial charge < -0.3 is 9.47 Å². The van der Waals surface area contributed by atoms with E-state index in [9.17, 15) is 9.18 Å². The summed E-state index contributed by atoms with van der Waals surface area (Å²) in [5.74, 6) is 0.119. The van der Waals surface area contributed by atoms with Crippen molar-refractivity contribution in [1.82, 2.24) is 5.32 Å². The van der Waals surface area contributed by atoms with Gasteiger partial charge in [-0.25, -0.2) is 9.18 Å². The molecule has 0 aromatic heterocycles. The Balaban J connectivity index is 1.72. The highest BCUT2D eigenvalue weighted by Gasteiger charge is 2.26. The van der Waals surface area contributed by atoms with Crippen molar-refractivity contribution in [2.75, 3.05) is 13.2 Å². The zero-order chi connectivity index (χ0) is 15.4. The summed E-state index contributed by atoms with van der Waals surface area (Å²) >= 11 is 0. The fraction of sp³-hybridized carbons (Fsp3) is 0.400. The number of carbonyl (C=O) groups excluding carboxylic acids is 1. The van der Waals surface area contributed by atoms with Gasteiger partial charge >= 0.3 is 6.09 Å². The first-order valence-corrected chi connectivity index (χ1v) is 7.14. The molecule has 2 heterocycles. The lowest BCUT2D eigenvalue weighted by atomic mass is 10.1. The molecule has 22 heavy (non-hydrogen) atoms. The van der Waals surface area contributed by atoms with E-state index in [1.165, 1.54) is 12.1 Å². The number of nitrogens with zero attached hydrogens (tertiary/aromatic N) is 2. The minimum atomic E-state index is -0.577. The Morgan fingerprint density at radius 1 is 1.14 bits per heavy atom. The van der Waals surface area contributed by atoms with Crippen molar-refractivity contribution in [3.8, 4) is 0 Å². The van der Waals surface area contributed by atoms with E-state index < -0.39 is 12.2 Å². The van der Waals surface area contributed by atoms with Crippen molar-refractivity contribution >= 4 is 17.6 Å². The number of halogens is 1. The van der Waals surface area contributed by atoms with Gasteiger partial charge in [-0.05, 0) is 17.7 Å². The Hall–Kier alpha value is -2.28. The number of ether oxygens (including phenoxy) is 2. The molecule has 1 aromatic rings. The van der Waals surface area contributed by atoms with E-state index in [1.807, 2.05) is 0 Å². The van der Waals surface area contributed by atoms with Gasteiger partial charge in [-0.1, -0.05) is 12.1 Å². The average molecular weight is 305 g/mol. The molecule has 1 aromatic carbocycles. The van der Waals surface area contributed by atoms with Gasteiger partial charge in [0.1, 0.15) is 17.8 Å². The van der Waals surface area contributed by atoms with Crippen LogP contribution in [0.2, 0.25) is 0 Å². The van der Waals surface area contributed by atoms with Crippen LogP contribution in [0.15, 0.2) is 34.5 Å². The van der Waals surface area contributed by atoms with Gasteiger partial charge in [0.25, 0.3) is 0 Å². The van der Waals surface area contributed by atoms with Crippen LogP contribution in [-0.2, 0) is 9.47 Å². The second kappa shape index (κ2) is 6.65. The topological polar surface area (TPSA) is 72.3 Å². The van der Waals surface area contributed by atoms with E-state index in [0.29, 0.717) is 25.5 Å². The number of alkyl carbamates (subject to hydrolysis) is 1. The molecule has 1 unspecified atom stereocenters. The SMILES string of the molecule is O=C1N/C(=N/N=C2CCOCC2)CC(c2ccc(F)cc2)O1. The van der Waals surface area contributed by atoms with Crippen molar-refractivity contribution in [3.63, 3.8) is 0 Å². The third-order valence-electron chi connectivity index (χ3n) is 3.50. The van der Waals surface area contributed by atoms with Crippen LogP contribution in [0.1, 0.15) is 30.9 Å². The molecule has 0 bridgehead atoms. The summed E-state index contributed by atoms with van der Waals surface area (Å²) in [5.41, 5.74) is 1.68. The smallest absolute Gasteiger partial charge is 0.413 e. The van der Waals surface area contributed by atoms with Gasteiger partial charge in [0.15, 0.2) is 0 Å². The normalized spacial score (nSPS) is 23.9. The molecule has 1 amide bonds. The van der Waals surface area contributed by atoms with Crippen LogP contribution in [0.25, 0.3) is 0 Å². The van der Waals surface area contributed by atoms with E-state index in [0.717, 1.165) is 24.1 Å². The van der Waals surface area contributed by atoms with Crippen molar-refractivity contribution in [2.45, 2.75) is 25.4 Å². The van der Waals surface area contributed by atoms with Crippen molar-refractivity contribution < 1.29 is 18.7 Å². The number of amidine groups is 1. The zero-order valence-electron chi connectivity index (χ0n) is 11.9. The first kappa shape index (κ1) is 14.6. The minimum absolute atomic E-state index is 0.330. The molecule has 0 radical (unpaired) electrons. The monoisotopic (exact) mass is 305 g/mol. The molecule has 6 nitrogen and oxygen atoms in total. The lowest BCUT2D eigenvalue weighted by Crippen LogP contribution is -2.39. The van der Waals surface area contributed by atoms with Crippen molar-refractivity contribution in [2.24, 2.45) is 10.2 Å². The number of benzene rings is 1. The number of amides is 1. The van der Waals surface area contributed by atoms with Crippen LogP contribution in [-0.4, -0.2) is 30.9 Å². The van der Waals surface area contributed by atoms with E-state index >= 15 is 0 Å². The Kier molecular flexibility index (Phi) is 4.43. The maximum Gasteiger partial charge on any atom is 0.413 e. The molecule has 2 saturated heterocycles. The van der Waals surface area contributed by atoms with E-state index in [2.05, 4.69) is 15.5 Å². The van der Waals surface area contributed by atoms with E-state index in [-0.39, 0.29) is 5.82 Å². The highest BCUT2D eigenvalue weighted by molar-refractivity contribution is 5.98. The summed E-state index contributed by atoms with van der Waals surface area (Å²) < 4.78 is 23.4. The van der Waals surface area contributed by atoms with E-state index in [1.54, 1.807) is 12.1 Å². The number of cyclic esters (lactones) is 1. The first-order chi connectivity index (χ1) is 10.7. The van der Waals surface area contributed by atoms with Gasteiger partial charge in [0, 0.05) is 25.0 Å². The molecular formula is C15H16FN3O3. The van der Waals surface area contributed by atoms with Gasteiger partial charge in [0.05, 0.1) is 13.2 Å². The number of nitrogens with one attached hydrogen (secondary N) is 1. The number of carbonyl (C=O) groups is 1. The first-order valence-electron chi connectivity index (χ1n) is 7.14. The Bertz CT molecular complexity index is 605. The second-order valence-electron chi connectivity index (χ2n) is 5.10. The minimum Gasteiger partial charge on any atom is -0.441 e. The maximum absolute atomic E-state index is 13.0. The Morgan fingerprint density at radius 3 is 2.59 bits per heavy atom. The summed E-state index contributed by atoms with van der Waals surface area (Å²) in [6, 6.07) is 5.87. The molecule has 7 heteroatoms. The molecule has 116 valence electrons. The predicted octanol–water partition coefficient (Wildman–Crippen LogP) is 2.56. The zero-order valence-corrected chi connectivity index (χ0v) is 11.9. The molecule has 2 aliphatic rings. The van der Waals surface area contributed by atoms with Gasteiger partial charge in [0.2, 0.25) is 0 Å². The molecule has 2 fully saturated rings. The highest BCUT2D eigenvalue weighted by Crippen LogP contribution is 2.24. The van der Waals surface area contributed by atoms with Gasteiger partial charge in [-0.2, -0.15) is 5.10 Å². The number of hydrogen-bond acceptors (Lipinski definition) is 5. The summed E-state index contributed by atoms with van der Waals surface area (Å²) in [6.07, 6.45) is 0.824. The fourth-order valence-electron chi connectivity index (χ4n) is 2.31. The molecular weight excluding hydrogens is 289 g/mol. The largest absolute Gasteiger partial charge is 0.441 e. The van der Waals surface area contributed by atoms with Gasteiger partial charge in [-0.15, -0.1) is 5.10 Å². The molecule has 0 spiro atoms. The third kappa shape index (κ3) is 3.67. The fourth-order valence-corrected chi connectivity index (χ4v) is 2.31. The molecule has 1 atom stereocenters.